The van der Waals surface area contributed by atoms with Crippen LogP contribution >= 0.6 is 0 Å². The molecule has 0 unspecified atom stereocenters. The predicted octanol–water partition coefficient (Wildman–Crippen LogP) is 4.81. The highest BCUT2D eigenvalue weighted by Gasteiger charge is 2.49. The smallest absolute Gasteiger partial charge is 0.330 e. The van der Waals surface area contributed by atoms with Crippen LogP contribution in [-0.4, -0.2) is 29.6 Å². The second-order valence-corrected chi connectivity index (χ2v) is 8.12. The van der Waals surface area contributed by atoms with Gasteiger partial charge in [-0.2, -0.15) is 0 Å². The lowest BCUT2D eigenvalue weighted by molar-refractivity contribution is -0.134. The third kappa shape index (κ3) is 5.21. The monoisotopic (exact) mass is 394 g/mol. The highest BCUT2D eigenvalue weighted by atomic mass is 16.5. The molecule has 1 N–H and O–H groups in total. The van der Waals surface area contributed by atoms with E-state index in [2.05, 4.69) is 4.74 Å². The van der Waals surface area contributed by atoms with E-state index >= 15 is 0 Å². The fraction of sp³-hybridized carbons (Fsp3) is 0.360. The summed E-state index contributed by atoms with van der Waals surface area (Å²) in [6, 6.07) is 9.89. The second-order valence-electron chi connectivity index (χ2n) is 8.12. The minimum atomic E-state index is -1.29. The summed E-state index contributed by atoms with van der Waals surface area (Å²) in [5.41, 5.74) is 1.06. The van der Waals surface area contributed by atoms with Gasteiger partial charge in [0.25, 0.3) is 0 Å². The number of esters is 1. The normalized spacial score (nSPS) is 22.6. The van der Waals surface area contributed by atoms with Crippen molar-refractivity contribution in [2.75, 3.05) is 7.11 Å². The van der Waals surface area contributed by atoms with Crippen molar-refractivity contribution >= 4 is 17.8 Å². The molecule has 1 aromatic carbocycles. The van der Waals surface area contributed by atoms with E-state index in [9.17, 15) is 14.7 Å². The van der Waals surface area contributed by atoms with Gasteiger partial charge in [-0.1, -0.05) is 62.4 Å². The van der Waals surface area contributed by atoms with E-state index in [0.717, 1.165) is 5.56 Å². The van der Waals surface area contributed by atoms with E-state index in [1.165, 1.54) is 13.2 Å². The Kier molecular flexibility index (Phi) is 7.15. The summed E-state index contributed by atoms with van der Waals surface area (Å²) in [5, 5.41) is 11.5. The number of ketones is 1. The molecule has 0 aliphatic heterocycles. The molecule has 1 aliphatic carbocycles. The molecule has 1 atom stereocenters. The van der Waals surface area contributed by atoms with Crippen LogP contribution in [0.4, 0.5) is 0 Å². The zero-order chi connectivity index (χ0) is 21.7. The molecule has 154 valence electrons. The number of aliphatic hydroxyl groups is 1. The second kappa shape index (κ2) is 9.19. The lowest BCUT2D eigenvalue weighted by atomic mass is 9.62. The molecule has 0 bridgehead atoms. The van der Waals surface area contributed by atoms with E-state index in [4.69, 9.17) is 0 Å². The molecular formula is C25H30O4. The number of carbonyl (C=O) groups excluding carboxylic acids is 2. The molecular weight excluding hydrogens is 364 g/mol. The number of ether oxygens (including phenoxy) is 1. The highest BCUT2D eigenvalue weighted by molar-refractivity contribution is 5.98. The lowest BCUT2D eigenvalue weighted by Crippen LogP contribution is -2.49. The fourth-order valence-corrected chi connectivity index (χ4v) is 3.63. The van der Waals surface area contributed by atoms with Crippen LogP contribution < -0.4 is 0 Å². The average Bonchev–Trinajstić information content (AvgIpc) is 2.68. The van der Waals surface area contributed by atoms with Crippen molar-refractivity contribution in [2.45, 2.75) is 46.1 Å². The van der Waals surface area contributed by atoms with Crippen LogP contribution in [0, 0.1) is 5.41 Å². The zero-order valence-electron chi connectivity index (χ0n) is 17.9. The number of allylic oxidation sites excluding steroid dienone is 4. The van der Waals surface area contributed by atoms with E-state index in [-0.39, 0.29) is 12.2 Å². The van der Waals surface area contributed by atoms with Crippen LogP contribution in [0.5, 0.6) is 0 Å². The van der Waals surface area contributed by atoms with Gasteiger partial charge in [-0.3, -0.25) is 4.79 Å². The van der Waals surface area contributed by atoms with Crippen molar-refractivity contribution in [3.05, 3.63) is 76.9 Å². The van der Waals surface area contributed by atoms with Gasteiger partial charge in [-0.15, -0.1) is 0 Å². The Morgan fingerprint density at radius 2 is 1.90 bits per heavy atom. The lowest BCUT2D eigenvalue weighted by Gasteiger charge is -2.45. The Labute approximate surface area is 173 Å². The quantitative estimate of drug-likeness (QED) is 0.427. The number of methoxy groups -OCH3 is 1. The summed E-state index contributed by atoms with van der Waals surface area (Å²) in [6.45, 7) is 7.35. The number of Topliss-reactive ketones (excluding diaryl/α,β-unsaturated/α-hetero) is 1. The fourth-order valence-electron chi connectivity index (χ4n) is 3.63. The molecule has 0 radical (unpaired) electrons. The molecule has 1 aliphatic rings. The summed E-state index contributed by atoms with van der Waals surface area (Å²) >= 11 is 0. The number of rotatable bonds is 6. The maximum absolute atomic E-state index is 12.8. The van der Waals surface area contributed by atoms with Crippen molar-refractivity contribution in [3.63, 3.8) is 0 Å². The topological polar surface area (TPSA) is 63.6 Å². The minimum absolute atomic E-state index is 0.0603. The van der Waals surface area contributed by atoms with E-state index in [1.807, 2.05) is 63.3 Å². The van der Waals surface area contributed by atoms with Crippen molar-refractivity contribution in [2.24, 2.45) is 5.41 Å². The maximum Gasteiger partial charge on any atom is 0.330 e. The van der Waals surface area contributed by atoms with Gasteiger partial charge in [0, 0.05) is 23.5 Å². The van der Waals surface area contributed by atoms with Crippen LogP contribution in [0.25, 0.3) is 6.08 Å². The molecule has 1 aromatic rings. The summed E-state index contributed by atoms with van der Waals surface area (Å²) in [4.78, 5) is 24.2. The van der Waals surface area contributed by atoms with Gasteiger partial charge in [0.1, 0.15) is 5.60 Å². The van der Waals surface area contributed by atoms with Gasteiger partial charge in [0.05, 0.1) is 7.11 Å². The van der Waals surface area contributed by atoms with E-state index in [0.29, 0.717) is 23.1 Å². The first-order valence-corrected chi connectivity index (χ1v) is 9.73. The molecule has 4 nitrogen and oxygen atoms in total. The van der Waals surface area contributed by atoms with Gasteiger partial charge in [-0.25, -0.2) is 4.79 Å². The van der Waals surface area contributed by atoms with E-state index < -0.39 is 17.0 Å². The van der Waals surface area contributed by atoms with Gasteiger partial charge in [0.15, 0.2) is 5.78 Å². The Morgan fingerprint density at radius 3 is 2.52 bits per heavy atom. The van der Waals surface area contributed by atoms with Crippen molar-refractivity contribution in [1.82, 2.24) is 0 Å². The molecule has 0 amide bonds. The number of carbonyl (C=O) groups is 2. The first-order chi connectivity index (χ1) is 13.6. The molecule has 0 heterocycles. The summed E-state index contributed by atoms with van der Waals surface area (Å²) < 4.78 is 4.64. The maximum atomic E-state index is 12.8. The van der Waals surface area contributed by atoms with Crippen molar-refractivity contribution in [3.8, 4) is 0 Å². The Balaban J connectivity index is 2.35. The Hall–Kier alpha value is -2.72. The van der Waals surface area contributed by atoms with Crippen LogP contribution in [0.15, 0.2) is 71.4 Å². The predicted molar refractivity (Wildman–Crippen MR) is 116 cm³/mol. The van der Waals surface area contributed by atoms with E-state index in [1.54, 1.807) is 19.1 Å². The van der Waals surface area contributed by atoms with Crippen LogP contribution in [-0.2, 0) is 14.3 Å². The molecule has 0 saturated carbocycles. The number of benzene rings is 1. The van der Waals surface area contributed by atoms with Crippen LogP contribution in [0.2, 0.25) is 0 Å². The average molecular weight is 395 g/mol. The first kappa shape index (κ1) is 22.6. The van der Waals surface area contributed by atoms with Gasteiger partial charge in [0.2, 0.25) is 0 Å². The first-order valence-electron chi connectivity index (χ1n) is 9.73. The molecule has 2 rings (SSSR count). The van der Waals surface area contributed by atoms with Crippen LogP contribution in [0.3, 0.4) is 0 Å². The largest absolute Gasteiger partial charge is 0.466 e. The molecule has 4 heteroatoms. The van der Waals surface area contributed by atoms with Crippen molar-refractivity contribution in [1.29, 1.82) is 0 Å². The third-order valence-corrected chi connectivity index (χ3v) is 5.56. The third-order valence-electron chi connectivity index (χ3n) is 5.56. The Morgan fingerprint density at radius 1 is 1.24 bits per heavy atom. The number of hydrogen-bond acceptors (Lipinski definition) is 4. The molecule has 0 aromatic heterocycles. The molecule has 0 spiro atoms. The van der Waals surface area contributed by atoms with Gasteiger partial charge in [-0.05, 0) is 43.1 Å². The summed E-state index contributed by atoms with van der Waals surface area (Å²) in [6.07, 6.45) is 9.40. The molecule has 29 heavy (non-hydrogen) atoms. The summed E-state index contributed by atoms with van der Waals surface area (Å²) in [5.74, 6) is -0.388. The zero-order valence-corrected chi connectivity index (χ0v) is 17.9. The highest BCUT2D eigenvalue weighted by Crippen LogP contribution is 2.47. The minimum Gasteiger partial charge on any atom is -0.466 e. The SMILES string of the molecule is COC(=O)C=C(C)C=C[C@@]1(O)C(C)=C(CC=Cc2ccccc2)C(=O)CC1(C)C. The van der Waals surface area contributed by atoms with Gasteiger partial charge < -0.3 is 9.84 Å². The standard InChI is InChI=1S/C25H30O4/c1-18(16-23(27)29-5)14-15-25(28)19(2)21(22(26)17-24(25,3)4)13-9-12-20-10-7-6-8-11-20/h6-12,14-16,28H,13,17H2,1-5H3/t25-/m1/s1. The van der Waals surface area contributed by atoms with Crippen LogP contribution in [0.1, 0.15) is 46.1 Å². The van der Waals surface area contributed by atoms with Crippen molar-refractivity contribution < 1.29 is 19.4 Å². The summed E-state index contributed by atoms with van der Waals surface area (Å²) in [7, 11) is 1.32. The molecule has 0 fully saturated rings. The molecule has 0 saturated heterocycles. The van der Waals surface area contributed by atoms with Gasteiger partial charge >= 0.3 is 5.97 Å². The number of hydrogen-bond donors (Lipinski definition) is 1. The Bertz CT molecular complexity index is 885.